The van der Waals surface area contributed by atoms with E-state index in [0.29, 0.717) is 11.5 Å². The van der Waals surface area contributed by atoms with Crippen LogP contribution in [0.25, 0.3) is 39.2 Å². The molecule has 0 aliphatic rings. The van der Waals surface area contributed by atoms with Crippen LogP contribution < -0.4 is 16.2 Å². The van der Waals surface area contributed by atoms with Crippen LogP contribution in [0, 0.1) is 12.7 Å². The standard InChI is InChI=1S/C32H30FN9O2/c1-19-17-41(29-10-8-24(33)14-26(19)29)25-12-21(15-35-16-25)18-42-28(11-9-27(32(42)44)36-31(43)20(2)34-3)22-6-5-7-23(13-22)30-37-38-39-40(30)4/h5-17,20,34H,18H2,1-4H3,(H,36,43). The van der Waals surface area contributed by atoms with E-state index in [2.05, 4.69) is 31.1 Å². The highest BCUT2D eigenvalue weighted by atomic mass is 19.1. The van der Waals surface area contributed by atoms with Crippen molar-refractivity contribution >= 4 is 22.5 Å². The number of hydrogen-bond donors (Lipinski definition) is 2. The second-order valence-electron chi connectivity index (χ2n) is 10.6. The third kappa shape index (κ3) is 5.38. The van der Waals surface area contributed by atoms with Crippen molar-refractivity contribution in [2.45, 2.75) is 26.4 Å². The Labute approximate surface area is 252 Å². The number of carbonyl (C=O) groups is 1. The van der Waals surface area contributed by atoms with Gasteiger partial charge in [-0.05, 0) is 90.5 Å². The summed E-state index contributed by atoms with van der Waals surface area (Å²) in [4.78, 5) is 31.1. The third-order valence-corrected chi connectivity index (χ3v) is 7.66. The average molecular weight is 592 g/mol. The second kappa shape index (κ2) is 11.7. The van der Waals surface area contributed by atoms with Gasteiger partial charge in [0.15, 0.2) is 5.82 Å². The van der Waals surface area contributed by atoms with Gasteiger partial charge in [-0.2, -0.15) is 0 Å². The van der Waals surface area contributed by atoms with Crippen molar-refractivity contribution < 1.29 is 9.18 Å². The summed E-state index contributed by atoms with van der Waals surface area (Å²) in [6.07, 6.45) is 5.37. The van der Waals surface area contributed by atoms with Gasteiger partial charge in [-0.1, -0.05) is 18.2 Å². The number of pyridine rings is 2. The smallest absolute Gasteiger partial charge is 0.275 e. The molecule has 0 radical (unpaired) electrons. The molecule has 6 rings (SSSR count). The molecule has 0 aliphatic carbocycles. The number of likely N-dealkylation sites (N-methyl/N-ethyl adjacent to an activating group) is 1. The fraction of sp³-hybridized carbons (Fsp3) is 0.188. The van der Waals surface area contributed by atoms with Crippen LogP contribution in [0.5, 0.6) is 0 Å². The Morgan fingerprint density at radius 2 is 1.86 bits per heavy atom. The molecule has 1 atom stereocenters. The number of nitrogens with zero attached hydrogens (tertiary/aromatic N) is 7. The van der Waals surface area contributed by atoms with Crippen LogP contribution in [0.3, 0.4) is 0 Å². The number of halogens is 1. The number of fused-ring (bicyclic) bond motifs is 1. The highest BCUT2D eigenvalue weighted by molar-refractivity contribution is 5.94. The molecule has 1 unspecified atom stereocenters. The molecule has 0 fully saturated rings. The first-order chi connectivity index (χ1) is 21.2. The number of carbonyl (C=O) groups excluding carboxylic acids is 1. The Kier molecular flexibility index (Phi) is 7.58. The van der Waals surface area contributed by atoms with Crippen molar-refractivity contribution in [3.8, 4) is 28.3 Å². The van der Waals surface area contributed by atoms with Gasteiger partial charge in [-0.25, -0.2) is 9.07 Å². The quantitative estimate of drug-likeness (QED) is 0.273. The summed E-state index contributed by atoms with van der Waals surface area (Å²) in [7, 11) is 3.44. The first-order valence-electron chi connectivity index (χ1n) is 14.0. The minimum atomic E-state index is -0.492. The number of aryl methyl sites for hydroxylation is 2. The molecular weight excluding hydrogens is 561 g/mol. The Balaban J connectivity index is 1.45. The molecule has 4 heterocycles. The molecule has 6 aromatic rings. The minimum Gasteiger partial charge on any atom is -0.320 e. The van der Waals surface area contributed by atoms with Crippen molar-refractivity contribution in [1.82, 2.24) is 39.6 Å². The summed E-state index contributed by atoms with van der Waals surface area (Å²) in [5, 5.41) is 18.2. The Bertz CT molecular complexity index is 2080. The lowest BCUT2D eigenvalue weighted by Crippen LogP contribution is -2.37. The molecule has 0 saturated carbocycles. The van der Waals surface area contributed by atoms with Gasteiger partial charge in [0.05, 0.1) is 35.7 Å². The Hall–Kier alpha value is -5.49. The van der Waals surface area contributed by atoms with Crippen molar-refractivity contribution in [2.75, 3.05) is 12.4 Å². The molecule has 44 heavy (non-hydrogen) atoms. The largest absolute Gasteiger partial charge is 0.320 e. The van der Waals surface area contributed by atoms with E-state index in [1.165, 1.54) is 12.1 Å². The molecule has 1 amide bonds. The highest BCUT2D eigenvalue weighted by Gasteiger charge is 2.18. The lowest BCUT2D eigenvalue weighted by molar-refractivity contribution is -0.117. The fourth-order valence-electron chi connectivity index (χ4n) is 5.20. The summed E-state index contributed by atoms with van der Waals surface area (Å²) in [5.74, 6) is -0.0416. The number of aromatic nitrogens is 7. The Morgan fingerprint density at radius 3 is 2.64 bits per heavy atom. The summed E-state index contributed by atoms with van der Waals surface area (Å²) in [6.45, 7) is 3.82. The molecule has 2 N–H and O–H groups in total. The van der Waals surface area contributed by atoms with Crippen molar-refractivity contribution in [1.29, 1.82) is 0 Å². The van der Waals surface area contributed by atoms with Gasteiger partial charge in [0.1, 0.15) is 11.5 Å². The highest BCUT2D eigenvalue weighted by Crippen LogP contribution is 2.28. The van der Waals surface area contributed by atoms with Crippen LogP contribution >= 0.6 is 0 Å². The number of tetrazole rings is 1. The van der Waals surface area contributed by atoms with Crippen LogP contribution in [0.2, 0.25) is 0 Å². The summed E-state index contributed by atoms with van der Waals surface area (Å²) in [5.41, 5.74) is 5.28. The predicted octanol–water partition coefficient (Wildman–Crippen LogP) is 4.09. The number of rotatable bonds is 8. The van der Waals surface area contributed by atoms with E-state index in [1.807, 2.05) is 54.1 Å². The molecule has 0 spiro atoms. The Morgan fingerprint density at radius 1 is 1.05 bits per heavy atom. The second-order valence-corrected chi connectivity index (χ2v) is 10.6. The van der Waals surface area contributed by atoms with Gasteiger partial charge in [0.2, 0.25) is 5.91 Å². The number of anilines is 1. The molecular formula is C32H30FN9O2. The first-order valence-corrected chi connectivity index (χ1v) is 14.0. The normalized spacial score (nSPS) is 12.0. The van der Waals surface area contributed by atoms with Crippen LogP contribution in [0.4, 0.5) is 10.1 Å². The number of benzene rings is 2. The van der Waals surface area contributed by atoms with E-state index in [9.17, 15) is 14.0 Å². The zero-order chi connectivity index (χ0) is 31.0. The van der Waals surface area contributed by atoms with Gasteiger partial charge >= 0.3 is 0 Å². The van der Waals surface area contributed by atoms with Gasteiger partial charge in [-0.3, -0.25) is 14.6 Å². The van der Waals surface area contributed by atoms with Gasteiger partial charge < -0.3 is 19.8 Å². The third-order valence-electron chi connectivity index (χ3n) is 7.66. The van der Waals surface area contributed by atoms with Crippen LogP contribution in [0.15, 0.2) is 84.0 Å². The molecule has 12 heteroatoms. The predicted molar refractivity (Wildman–Crippen MR) is 166 cm³/mol. The topological polar surface area (TPSA) is 125 Å². The molecule has 0 aliphatic heterocycles. The summed E-state index contributed by atoms with van der Waals surface area (Å²) < 4.78 is 19.1. The van der Waals surface area contributed by atoms with Gasteiger partial charge in [-0.15, -0.1) is 5.10 Å². The lowest BCUT2D eigenvalue weighted by Gasteiger charge is -2.17. The summed E-state index contributed by atoms with van der Waals surface area (Å²) >= 11 is 0. The van der Waals surface area contributed by atoms with E-state index in [4.69, 9.17) is 0 Å². The maximum absolute atomic E-state index is 14.0. The zero-order valence-electron chi connectivity index (χ0n) is 24.6. The zero-order valence-corrected chi connectivity index (χ0v) is 24.6. The first kappa shape index (κ1) is 28.6. The maximum atomic E-state index is 14.0. The van der Waals surface area contributed by atoms with Crippen LogP contribution in [-0.4, -0.2) is 53.3 Å². The molecule has 2 aromatic carbocycles. The average Bonchev–Trinajstić information content (AvgIpc) is 3.61. The van der Waals surface area contributed by atoms with Crippen LogP contribution in [-0.2, 0) is 18.4 Å². The van der Waals surface area contributed by atoms with Gasteiger partial charge in [0, 0.05) is 30.4 Å². The van der Waals surface area contributed by atoms with Crippen LogP contribution in [0.1, 0.15) is 18.1 Å². The number of nitrogens with one attached hydrogen (secondary N) is 2. The molecule has 222 valence electrons. The molecule has 4 aromatic heterocycles. The van der Waals surface area contributed by atoms with E-state index in [-0.39, 0.29) is 29.5 Å². The van der Waals surface area contributed by atoms with Crippen molar-refractivity contribution in [3.05, 3.63) is 107 Å². The maximum Gasteiger partial charge on any atom is 0.275 e. The van der Waals surface area contributed by atoms with Crippen molar-refractivity contribution in [2.24, 2.45) is 7.05 Å². The fourth-order valence-corrected chi connectivity index (χ4v) is 5.20. The molecule has 0 bridgehead atoms. The van der Waals surface area contributed by atoms with Gasteiger partial charge in [0.25, 0.3) is 5.56 Å². The summed E-state index contributed by atoms with van der Waals surface area (Å²) in [6, 6.07) is 17.2. The SMILES string of the molecule is CNC(C)C(=O)Nc1ccc(-c2cccc(-c3nnnn3C)c2)n(Cc2cncc(-n3cc(C)c4cc(F)ccc43)c2)c1=O. The van der Waals surface area contributed by atoms with Crippen molar-refractivity contribution in [3.63, 3.8) is 0 Å². The lowest BCUT2D eigenvalue weighted by atomic mass is 10.1. The number of hydrogen-bond acceptors (Lipinski definition) is 7. The van der Waals surface area contributed by atoms with E-state index >= 15 is 0 Å². The van der Waals surface area contributed by atoms with E-state index in [1.54, 1.807) is 54.8 Å². The van der Waals surface area contributed by atoms with E-state index in [0.717, 1.165) is 38.8 Å². The molecule has 0 saturated heterocycles. The number of amides is 1. The monoisotopic (exact) mass is 591 g/mol. The minimum absolute atomic E-state index is 0.160. The van der Waals surface area contributed by atoms with E-state index < -0.39 is 6.04 Å². The molecule has 11 nitrogen and oxygen atoms in total.